The molecule has 2 N–H and O–H groups in total. The third-order valence-corrected chi connectivity index (χ3v) is 8.02. The van der Waals surface area contributed by atoms with E-state index in [1.807, 2.05) is 42.5 Å². The molecule has 33 heavy (non-hydrogen) atoms. The summed E-state index contributed by atoms with van der Waals surface area (Å²) in [5.74, 6) is 0.902. The Morgan fingerprint density at radius 2 is 1.97 bits per heavy atom. The maximum Gasteiger partial charge on any atom is 0.310 e. The summed E-state index contributed by atoms with van der Waals surface area (Å²) >= 11 is 0. The third kappa shape index (κ3) is 3.27. The van der Waals surface area contributed by atoms with Crippen LogP contribution in [0.25, 0.3) is 0 Å². The van der Waals surface area contributed by atoms with E-state index in [9.17, 15) is 9.90 Å². The lowest BCUT2D eigenvalue weighted by Crippen LogP contribution is -2.64. The summed E-state index contributed by atoms with van der Waals surface area (Å²) in [7, 11) is 3.91. The molecule has 2 aliphatic heterocycles. The molecule has 0 amide bonds. The average molecular weight is 450 g/mol. The van der Waals surface area contributed by atoms with Gasteiger partial charge in [0.1, 0.15) is 12.2 Å². The van der Waals surface area contributed by atoms with Crippen molar-refractivity contribution in [3.05, 3.63) is 71.3 Å². The number of likely N-dealkylation sites (N-methyl/N-ethyl adjacent to an activating group) is 1. The SMILES string of the molecule is CC(C(=O)O)c1ccccc1.COc1ccc2c3c1O[C@H]1[C@@H](O)C=C[C@H]4[C@@H](C2)N(C)CC[C@@]341. The van der Waals surface area contributed by atoms with Crippen molar-refractivity contribution < 1.29 is 24.5 Å². The Bertz CT molecular complexity index is 1080. The van der Waals surface area contributed by atoms with Crippen molar-refractivity contribution in [1.82, 2.24) is 4.90 Å². The minimum atomic E-state index is -0.781. The first kappa shape index (κ1) is 22.0. The second-order valence-corrected chi connectivity index (χ2v) is 9.58. The van der Waals surface area contributed by atoms with Gasteiger partial charge in [-0.1, -0.05) is 48.6 Å². The summed E-state index contributed by atoms with van der Waals surface area (Å²) in [5, 5.41) is 19.2. The Hall–Kier alpha value is -2.83. The van der Waals surface area contributed by atoms with Crippen molar-refractivity contribution in [2.75, 3.05) is 20.7 Å². The highest BCUT2D eigenvalue weighted by Gasteiger charge is 2.64. The number of aliphatic carboxylic acids is 1. The zero-order valence-corrected chi connectivity index (χ0v) is 19.3. The molecule has 1 fully saturated rings. The number of aliphatic hydroxyl groups excluding tert-OH is 1. The molecule has 6 atom stereocenters. The van der Waals surface area contributed by atoms with Crippen molar-refractivity contribution in [2.45, 2.75) is 49.3 Å². The van der Waals surface area contributed by atoms with Crippen molar-refractivity contribution in [1.29, 1.82) is 0 Å². The molecule has 0 saturated carbocycles. The first-order chi connectivity index (χ1) is 15.9. The number of carboxylic acid groups (broad SMARTS) is 1. The maximum atomic E-state index is 10.6. The van der Waals surface area contributed by atoms with Gasteiger partial charge in [-0.25, -0.2) is 0 Å². The molecule has 0 radical (unpaired) electrons. The molecule has 6 rings (SSSR count). The van der Waals surface area contributed by atoms with Crippen LogP contribution < -0.4 is 9.47 Å². The molecule has 2 aromatic carbocycles. The van der Waals surface area contributed by atoms with Gasteiger partial charge in [0, 0.05) is 22.9 Å². The first-order valence-corrected chi connectivity index (χ1v) is 11.6. The predicted octanol–water partition coefficient (Wildman–Crippen LogP) is 3.38. The highest BCUT2D eigenvalue weighted by Crippen LogP contribution is 2.62. The van der Waals surface area contributed by atoms with Crippen LogP contribution in [0.2, 0.25) is 0 Å². The number of rotatable bonds is 3. The van der Waals surface area contributed by atoms with Crippen LogP contribution in [0.5, 0.6) is 11.5 Å². The third-order valence-electron chi connectivity index (χ3n) is 8.02. The van der Waals surface area contributed by atoms with Crippen LogP contribution in [0.1, 0.15) is 36.0 Å². The van der Waals surface area contributed by atoms with Crippen LogP contribution in [0.15, 0.2) is 54.6 Å². The van der Waals surface area contributed by atoms with Gasteiger partial charge in [0.15, 0.2) is 11.5 Å². The fourth-order valence-corrected chi connectivity index (χ4v) is 6.27. The lowest BCUT2D eigenvalue weighted by atomic mass is 9.53. The highest BCUT2D eigenvalue weighted by atomic mass is 16.5. The summed E-state index contributed by atoms with van der Waals surface area (Å²) in [6, 6.07) is 13.9. The molecule has 2 aromatic rings. The van der Waals surface area contributed by atoms with E-state index >= 15 is 0 Å². The molecule has 2 bridgehead atoms. The van der Waals surface area contributed by atoms with Crippen LogP contribution in [0.4, 0.5) is 0 Å². The van der Waals surface area contributed by atoms with E-state index < -0.39 is 18.0 Å². The summed E-state index contributed by atoms with van der Waals surface area (Å²) in [6.07, 6.45) is 5.54. The monoisotopic (exact) mass is 449 g/mol. The van der Waals surface area contributed by atoms with E-state index in [0.29, 0.717) is 12.0 Å². The molecule has 2 heterocycles. The number of aliphatic hydroxyl groups is 1. The summed E-state index contributed by atoms with van der Waals surface area (Å²) in [5.41, 5.74) is 3.45. The van der Waals surface area contributed by atoms with Crippen molar-refractivity contribution in [2.24, 2.45) is 5.92 Å². The Balaban J connectivity index is 0.000000177. The molecule has 4 aliphatic rings. The topological polar surface area (TPSA) is 79.2 Å². The number of carboxylic acids is 1. The van der Waals surface area contributed by atoms with Crippen LogP contribution in [0, 0.1) is 5.92 Å². The number of ether oxygens (including phenoxy) is 2. The fourth-order valence-electron chi connectivity index (χ4n) is 6.27. The van der Waals surface area contributed by atoms with Gasteiger partial charge in [-0.2, -0.15) is 0 Å². The number of nitrogens with zero attached hydrogens (tertiary/aromatic N) is 1. The number of carbonyl (C=O) groups is 1. The minimum absolute atomic E-state index is 0.0806. The van der Waals surface area contributed by atoms with Crippen molar-refractivity contribution in [3.63, 3.8) is 0 Å². The molecule has 0 aromatic heterocycles. The van der Waals surface area contributed by atoms with Crippen molar-refractivity contribution in [3.8, 4) is 11.5 Å². The summed E-state index contributed by atoms with van der Waals surface area (Å²) in [6.45, 7) is 2.73. The van der Waals surface area contributed by atoms with E-state index in [-0.39, 0.29) is 11.5 Å². The van der Waals surface area contributed by atoms with Crippen LogP contribution in [0.3, 0.4) is 0 Å². The van der Waals surface area contributed by atoms with Gasteiger partial charge in [-0.05, 0) is 50.6 Å². The molecule has 6 nitrogen and oxygen atoms in total. The lowest BCUT2D eigenvalue weighted by Gasteiger charge is -2.56. The van der Waals surface area contributed by atoms with E-state index in [0.717, 1.165) is 36.4 Å². The zero-order chi connectivity index (χ0) is 23.3. The van der Waals surface area contributed by atoms with Crippen molar-refractivity contribution >= 4 is 5.97 Å². The zero-order valence-electron chi connectivity index (χ0n) is 19.3. The molecular weight excluding hydrogens is 418 g/mol. The van der Waals surface area contributed by atoms with Gasteiger partial charge < -0.3 is 24.6 Å². The largest absolute Gasteiger partial charge is 0.493 e. The molecule has 6 heteroatoms. The van der Waals surface area contributed by atoms with Crippen LogP contribution in [-0.4, -0.2) is 60.0 Å². The number of hydrogen-bond acceptors (Lipinski definition) is 5. The van der Waals surface area contributed by atoms with E-state index in [2.05, 4.69) is 24.1 Å². The molecule has 1 spiro atoms. The number of piperidine rings is 1. The minimum Gasteiger partial charge on any atom is -0.493 e. The molecule has 1 saturated heterocycles. The number of benzene rings is 2. The fraction of sp³-hybridized carbons (Fsp3) is 0.444. The van der Waals surface area contributed by atoms with Crippen LogP contribution in [-0.2, 0) is 16.6 Å². The Morgan fingerprint density at radius 3 is 2.67 bits per heavy atom. The Labute approximate surface area is 194 Å². The Kier molecular flexibility index (Phi) is 5.46. The second-order valence-electron chi connectivity index (χ2n) is 9.58. The second kappa shape index (κ2) is 8.19. The normalized spacial score (nSPS) is 31.5. The van der Waals surface area contributed by atoms with Gasteiger partial charge in [0.25, 0.3) is 0 Å². The number of likely N-dealkylation sites (tertiary alicyclic amines) is 1. The van der Waals surface area contributed by atoms with Gasteiger partial charge >= 0.3 is 5.97 Å². The standard InChI is InChI=1S/C18H21NO3.C9H10O2/c1-19-8-7-18-11-4-5-13(20)17(18)22-16-14(21-2)6-3-10(15(16)18)9-12(11)19;1-7(9(10)11)8-5-3-2-4-6-8/h3-6,11-13,17,20H,7-9H2,1-2H3;2-7H,1H3,(H,10,11)/t11-,12+,13-,17-,18-;/m0./s1. The number of methoxy groups -OCH3 is 1. The van der Waals surface area contributed by atoms with Gasteiger partial charge in [0.2, 0.25) is 0 Å². The lowest BCUT2D eigenvalue weighted by molar-refractivity contribution is -0.138. The van der Waals surface area contributed by atoms with Crippen LogP contribution >= 0.6 is 0 Å². The summed E-state index contributed by atoms with van der Waals surface area (Å²) < 4.78 is 11.8. The van der Waals surface area contributed by atoms with E-state index in [1.165, 1.54) is 11.1 Å². The quantitative estimate of drug-likeness (QED) is 0.700. The summed E-state index contributed by atoms with van der Waals surface area (Å²) in [4.78, 5) is 13.0. The molecule has 1 unspecified atom stereocenters. The predicted molar refractivity (Wildman–Crippen MR) is 125 cm³/mol. The first-order valence-electron chi connectivity index (χ1n) is 11.6. The molecule has 2 aliphatic carbocycles. The van der Waals surface area contributed by atoms with E-state index in [4.69, 9.17) is 14.6 Å². The van der Waals surface area contributed by atoms with Gasteiger partial charge in [-0.15, -0.1) is 0 Å². The van der Waals surface area contributed by atoms with Gasteiger partial charge in [-0.3, -0.25) is 4.79 Å². The number of hydrogen-bond donors (Lipinski definition) is 2. The average Bonchev–Trinajstić information content (AvgIpc) is 3.18. The van der Waals surface area contributed by atoms with Gasteiger partial charge in [0.05, 0.1) is 13.0 Å². The Morgan fingerprint density at radius 1 is 1.21 bits per heavy atom. The maximum absolute atomic E-state index is 10.6. The molecular formula is C27H31NO5. The van der Waals surface area contributed by atoms with E-state index in [1.54, 1.807) is 14.0 Å². The molecule has 174 valence electrons. The highest BCUT2D eigenvalue weighted by molar-refractivity contribution is 5.75. The smallest absolute Gasteiger partial charge is 0.310 e.